The van der Waals surface area contributed by atoms with Crippen LogP contribution in [-0.4, -0.2) is 54.9 Å². The van der Waals surface area contributed by atoms with Gasteiger partial charge in [0.1, 0.15) is 0 Å². The Hall–Kier alpha value is -1.07. The Morgan fingerprint density at radius 1 is 0.660 bits per heavy atom. The Morgan fingerprint density at radius 2 is 1.18 bits per heavy atom. The molecule has 2 unspecified atom stereocenters. The molecule has 0 amide bonds. The monoisotopic (exact) mass is 706 g/mol. The molecule has 2 atom stereocenters. The fourth-order valence-electron chi connectivity index (χ4n) is 7.95. The summed E-state index contributed by atoms with van der Waals surface area (Å²) in [6.07, 6.45) is 38.7. The van der Waals surface area contributed by atoms with Crippen LogP contribution in [0, 0.1) is 11.8 Å². The quantitative estimate of drug-likeness (QED) is 0.0396. The number of β-amino-alcohol motifs (C(OH)–C–C–N with tert-alkyl or cyclic N) is 1. The van der Waals surface area contributed by atoms with E-state index in [1.54, 1.807) is 0 Å². The van der Waals surface area contributed by atoms with Crippen molar-refractivity contribution in [3.05, 3.63) is 12.3 Å². The maximum absolute atomic E-state index is 12.6. The molecule has 1 aliphatic heterocycles. The van der Waals surface area contributed by atoms with Crippen LogP contribution in [0.1, 0.15) is 220 Å². The van der Waals surface area contributed by atoms with E-state index in [2.05, 4.69) is 32.3 Å². The van der Waals surface area contributed by atoms with Crippen molar-refractivity contribution in [3.63, 3.8) is 0 Å². The number of allylic oxidation sites excluding steroid dienone is 1. The molecule has 0 saturated carbocycles. The second-order valence-corrected chi connectivity index (χ2v) is 15.9. The van der Waals surface area contributed by atoms with Gasteiger partial charge in [0.2, 0.25) is 0 Å². The van der Waals surface area contributed by atoms with Crippen LogP contribution in [0.4, 0.5) is 0 Å². The van der Waals surface area contributed by atoms with Gasteiger partial charge in [0.25, 0.3) is 0 Å². The number of aliphatic hydroxyl groups excluding tert-OH is 1. The van der Waals surface area contributed by atoms with Crippen molar-refractivity contribution in [2.75, 3.05) is 32.8 Å². The zero-order valence-electron chi connectivity index (χ0n) is 34.0. The molecule has 296 valence electrons. The molecule has 0 aliphatic carbocycles. The van der Waals surface area contributed by atoms with Gasteiger partial charge in [-0.1, -0.05) is 162 Å². The highest BCUT2D eigenvalue weighted by molar-refractivity contribution is 5.69. The van der Waals surface area contributed by atoms with E-state index >= 15 is 0 Å². The van der Waals surface area contributed by atoms with Crippen LogP contribution in [0.2, 0.25) is 0 Å². The summed E-state index contributed by atoms with van der Waals surface area (Å²) in [7, 11) is 0. The fourth-order valence-corrected chi connectivity index (χ4v) is 7.95. The van der Waals surface area contributed by atoms with Crippen LogP contribution in [-0.2, 0) is 14.3 Å². The van der Waals surface area contributed by atoms with Crippen LogP contribution in [0.5, 0.6) is 0 Å². The van der Waals surface area contributed by atoms with E-state index in [0.717, 1.165) is 51.1 Å². The lowest BCUT2D eigenvalue weighted by Crippen LogP contribution is -2.42. The van der Waals surface area contributed by atoms with Gasteiger partial charge in [0.15, 0.2) is 0 Å². The zero-order valence-corrected chi connectivity index (χ0v) is 34.0. The first kappa shape index (κ1) is 47.0. The Balaban J connectivity index is 2.35. The molecule has 1 N–H and O–H groups in total. The molecule has 1 rings (SSSR count). The minimum Gasteiger partial charge on any atom is -0.495 e. The maximum atomic E-state index is 12.6. The number of likely N-dealkylation sites (tertiary alicyclic amines) is 1. The maximum Gasteiger partial charge on any atom is 0.305 e. The first-order valence-electron chi connectivity index (χ1n) is 22.4. The summed E-state index contributed by atoms with van der Waals surface area (Å²) in [6, 6.07) is 0. The molecule has 50 heavy (non-hydrogen) atoms. The van der Waals surface area contributed by atoms with Gasteiger partial charge in [-0.25, -0.2) is 0 Å². The average Bonchev–Trinajstić information content (AvgIpc) is 3.11. The van der Waals surface area contributed by atoms with Crippen molar-refractivity contribution >= 4 is 5.97 Å². The zero-order chi connectivity index (χ0) is 36.3. The lowest BCUT2D eigenvalue weighted by Gasteiger charge is -2.38. The molecule has 0 aromatic heterocycles. The van der Waals surface area contributed by atoms with E-state index in [0.29, 0.717) is 31.0 Å². The number of rotatable bonds is 37. The average molecular weight is 706 g/mol. The molecule has 0 aromatic carbocycles. The van der Waals surface area contributed by atoms with E-state index in [9.17, 15) is 9.90 Å². The van der Waals surface area contributed by atoms with Crippen LogP contribution in [0.3, 0.4) is 0 Å². The molecule has 1 saturated heterocycles. The number of unbranched alkanes of at least 4 members (excludes halogenated alkanes) is 20. The van der Waals surface area contributed by atoms with Crippen molar-refractivity contribution in [1.29, 1.82) is 0 Å². The molecule has 5 nitrogen and oxygen atoms in total. The van der Waals surface area contributed by atoms with Crippen LogP contribution in [0.15, 0.2) is 12.3 Å². The Kier molecular flexibility index (Phi) is 32.9. The highest BCUT2D eigenvalue weighted by Crippen LogP contribution is 2.32. The van der Waals surface area contributed by atoms with Gasteiger partial charge in [0.05, 0.1) is 25.1 Å². The molecule has 5 heteroatoms. The van der Waals surface area contributed by atoms with Crippen LogP contribution in [0.25, 0.3) is 0 Å². The third kappa shape index (κ3) is 27.6. The largest absolute Gasteiger partial charge is 0.495 e. The number of ether oxygens (including phenoxy) is 2. The number of esters is 1. The number of piperidine rings is 1. The van der Waals surface area contributed by atoms with Crippen molar-refractivity contribution < 1.29 is 19.4 Å². The highest BCUT2D eigenvalue weighted by Gasteiger charge is 2.29. The first-order chi connectivity index (χ1) is 24.5. The SMILES string of the molecule is C=C(CCCCCC1CCN(CCO)CC1CCC(=O)OCCCCCCCCCCC)OC(CCCCCCCC)CCCCCCCC. The van der Waals surface area contributed by atoms with Gasteiger partial charge < -0.3 is 19.5 Å². The Labute approximate surface area is 312 Å². The molecule has 1 aliphatic rings. The summed E-state index contributed by atoms with van der Waals surface area (Å²) < 4.78 is 12.1. The van der Waals surface area contributed by atoms with Gasteiger partial charge in [-0.3, -0.25) is 4.79 Å². The molecular weight excluding hydrogens is 618 g/mol. The van der Waals surface area contributed by atoms with E-state index in [1.165, 1.54) is 167 Å². The summed E-state index contributed by atoms with van der Waals surface area (Å²) in [5.74, 6) is 2.16. The van der Waals surface area contributed by atoms with E-state index in [4.69, 9.17) is 9.47 Å². The van der Waals surface area contributed by atoms with Gasteiger partial charge in [-0.05, 0) is 69.7 Å². The van der Waals surface area contributed by atoms with Crippen molar-refractivity contribution in [2.45, 2.75) is 226 Å². The minimum atomic E-state index is -0.0209. The summed E-state index contributed by atoms with van der Waals surface area (Å²) in [6.45, 7) is 14.8. The molecule has 0 spiro atoms. The second-order valence-electron chi connectivity index (χ2n) is 15.9. The van der Waals surface area contributed by atoms with Crippen molar-refractivity contribution in [2.24, 2.45) is 11.8 Å². The summed E-state index contributed by atoms with van der Waals surface area (Å²) in [4.78, 5) is 15.0. The molecule has 0 radical (unpaired) electrons. The molecule has 1 fully saturated rings. The standard InChI is InChI=1S/C45H87NO4/c1-5-8-11-14-17-18-19-22-28-39-49-45(48)34-33-43-40-46(37-38-47)36-35-42(43)30-25-23-24-29-41(4)50-44(31-26-20-15-12-9-6-2)32-27-21-16-13-10-7-3/h42-44,47H,4-40H2,1-3H3. The number of aliphatic hydroxyl groups is 1. The lowest BCUT2D eigenvalue weighted by molar-refractivity contribution is -0.144. The Bertz CT molecular complexity index is 741. The summed E-state index contributed by atoms with van der Waals surface area (Å²) in [5.41, 5.74) is 0. The van der Waals surface area contributed by atoms with Crippen LogP contribution >= 0.6 is 0 Å². The second kappa shape index (κ2) is 35.0. The van der Waals surface area contributed by atoms with Gasteiger partial charge >= 0.3 is 5.97 Å². The van der Waals surface area contributed by atoms with Crippen molar-refractivity contribution in [1.82, 2.24) is 4.90 Å². The lowest BCUT2D eigenvalue weighted by atomic mass is 9.79. The predicted octanol–water partition coefficient (Wildman–Crippen LogP) is 13.1. The molecule has 0 aromatic rings. The molecule has 1 heterocycles. The topological polar surface area (TPSA) is 59.0 Å². The van der Waals surface area contributed by atoms with E-state index < -0.39 is 0 Å². The van der Waals surface area contributed by atoms with Gasteiger partial charge in [-0.15, -0.1) is 0 Å². The normalized spacial score (nSPS) is 16.7. The predicted molar refractivity (Wildman–Crippen MR) is 216 cm³/mol. The van der Waals surface area contributed by atoms with E-state index in [-0.39, 0.29) is 12.6 Å². The third-order valence-corrected chi connectivity index (χ3v) is 11.2. The smallest absolute Gasteiger partial charge is 0.305 e. The molecule has 0 bridgehead atoms. The number of hydrogen-bond donors (Lipinski definition) is 1. The minimum absolute atomic E-state index is 0.0209. The summed E-state index contributed by atoms with van der Waals surface area (Å²) in [5, 5.41) is 9.54. The van der Waals surface area contributed by atoms with Gasteiger partial charge in [-0.2, -0.15) is 0 Å². The number of carbonyl (C=O) groups is 1. The summed E-state index contributed by atoms with van der Waals surface area (Å²) >= 11 is 0. The third-order valence-electron chi connectivity index (χ3n) is 11.2. The van der Waals surface area contributed by atoms with E-state index in [1.807, 2.05) is 0 Å². The highest BCUT2D eigenvalue weighted by atomic mass is 16.5. The molecular formula is C45H87NO4. The van der Waals surface area contributed by atoms with Gasteiger partial charge in [0, 0.05) is 25.9 Å². The number of carbonyl (C=O) groups excluding carboxylic acids is 1. The number of nitrogens with zero attached hydrogens (tertiary/aromatic N) is 1. The number of hydrogen-bond acceptors (Lipinski definition) is 5. The van der Waals surface area contributed by atoms with Crippen molar-refractivity contribution in [3.8, 4) is 0 Å². The van der Waals surface area contributed by atoms with Crippen LogP contribution < -0.4 is 0 Å². The fraction of sp³-hybridized carbons (Fsp3) is 0.933. The Morgan fingerprint density at radius 3 is 1.74 bits per heavy atom. The first-order valence-corrected chi connectivity index (χ1v) is 22.4.